The number of aromatic hydroxyl groups is 1. The van der Waals surface area contributed by atoms with E-state index >= 15 is 0 Å². The van der Waals surface area contributed by atoms with Crippen LogP contribution in [0.2, 0.25) is 0 Å². The molecule has 1 fully saturated rings. The smallest absolute Gasteiger partial charge is 0.115 e. The Morgan fingerprint density at radius 1 is 1.12 bits per heavy atom. The number of hydrogen-bond donors (Lipinski definition) is 2. The second-order valence-electron chi connectivity index (χ2n) is 8.21. The highest BCUT2D eigenvalue weighted by Gasteiger charge is 2.37. The molecular formula is C23H31NO2. The molecule has 1 saturated carbocycles. The number of rotatable bonds is 7. The molecule has 1 aliphatic carbocycles. The van der Waals surface area contributed by atoms with E-state index in [9.17, 15) is 10.2 Å². The van der Waals surface area contributed by atoms with Crippen LogP contribution in [0.4, 0.5) is 0 Å². The summed E-state index contributed by atoms with van der Waals surface area (Å²) in [5, 5.41) is 20.4. The zero-order valence-electron chi connectivity index (χ0n) is 15.9. The fourth-order valence-electron chi connectivity index (χ4n) is 4.40. The third kappa shape index (κ3) is 5.09. The summed E-state index contributed by atoms with van der Waals surface area (Å²) < 4.78 is 0. The molecule has 3 rings (SSSR count). The highest BCUT2D eigenvalue weighted by atomic mass is 16.3. The Morgan fingerprint density at radius 2 is 1.81 bits per heavy atom. The summed E-state index contributed by atoms with van der Waals surface area (Å²) in [6, 6.07) is 17.8. The summed E-state index contributed by atoms with van der Waals surface area (Å²) in [6.07, 6.45) is 3.65. The third-order valence-corrected chi connectivity index (χ3v) is 5.68. The van der Waals surface area contributed by atoms with Gasteiger partial charge in [0.05, 0.1) is 5.60 Å². The van der Waals surface area contributed by atoms with E-state index in [0.29, 0.717) is 17.6 Å². The first-order chi connectivity index (χ1) is 12.4. The van der Waals surface area contributed by atoms with Gasteiger partial charge in [0.2, 0.25) is 0 Å². The summed E-state index contributed by atoms with van der Waals surface area (Å²) >= 11 is 0. The van der Waals surface area contributed by atoms with Crippen molar-refractivity contribution in [2.24, 2.45) is 5.92 Å². The SMILES string of the molecule is CC(CN(C)CC1CCC(O)(Cc2ccccc2)C1)c1ccc(O)cc1. The maximum absolute atomic E-state index is 11.0. The van der Waals surface area contributed by atoms with E-state index in [0.717, 1.165) is 38.8 Å². The van der Waals surface area contributed by atoms with Gasteiger partial charge in [-0.25, -0.2) is 0 Å². The van der Waals surface area contributed by atoms with Crippen LogP contribution < -0.4 is 0 Å². The predicted octanol–water partition coefficient (Wildman–Crippen LogP) is 4.20. The molecule has 0 amide bonds. The topological polar surface area (TPSA) is 43.7 Å². The van der Waals surface area contributed by atoms with Gasteiger partial charge < -0.3 is 15.1 Å². The molecule has 0 aliphatic heterocycles. The van der Waals surface area contributed by atoms with Crippen LogP contribution in [0.15, 0.2) is 54.6 Å². The van der Waals surface area contributed by atoms with Gasteiger partial charge in [0.15, 0.2) is 0 Å². The van der Waals surface area contributed by atoms with Crippen molar-refractivity contribution >= 4 is 0 Å². The van der Waals surface area contributed by atoms with Gasteiger partial charge in [0.1, 0.15) is 5.75 Å². The van der Waals surface area contributed by atoms with Gasteiger partial charge in [-0.3, -0.25) is 0 Å². The van der Waals surface area contributed by atoms with Crippen LogP contribution in [0.5, 0.6) is 5.75 Å². The summed E-state index contributed by atoms with van der Waals surface area (Å²) in [6.45, 7) is 4.24. The molecule has 0 bridgehead atoms. The Labute approximate surface area is 157 Å². The minimum absolute atomic E-state index is 0.318. The van der Waals surface area contributed by atoms with Crippen molar-refractivity contribution in [3.8, 4) is 5.75 Å². The Balaban J connectivity index is 1.49. The van der Waals surface area contributed by atoms with Gasteiger partial charge in [-0.05, 0) is 61.4 Å². The zero-order chi connectivity index (χ0) is 18.6. The fraction of sp³-hybridized carbons (Fsp3) is 0.478. The molecule has 0 heterocycles. The van der Waals surface area contributed by atoms with E-state index < -0.39 is 5.60 Å². The Kier molecular flexibility index (Phi) is 6.00. The summed E-state index contributed by atoms with van der Waals surface area (Å²) in [7, 11) is 2.17. The lowest BCUT2D eigenvalue weighted by molar-refractivity contribution is 0.0421. The molecule has 1 aliphatic rings. The highest BCUT2D eigenvalue weighted by Crippen LogP contribution is 2.37. The van der Waals surface area contributed by atoms with Crippen molar-refractivity contribution in [1.82, 2.24) is 4.90 Å². The molecule has 3 heteroatoms. The lowest BCUT2D eigenvalue weighted by Gasteiger charge is -2.26. The average molecular weight is 354 g/mol. The largest absolute Gasteiger partial charge is 0.508 e. The molecule has 26 heavy (non-hydrogen) atoms. The number of phenols is 1. The molecule has 0 spiro atoms. The van der Waals surface area contributed by atoms with Gasteiger partial charge in [-0.15, -0.1) is 0 Å². The summed E-state index contributed by atoms with van der Waals surface area (Å²) in [5.41, 5.74) is 1.93. The maximum atomic E-state index is 11.0. The standard InChI is InChI=1S/C23H31NO2/c1-18(21-8-10-22(25)11-9-21)16-24(2)17-20-12-13-23(26,15-20)14-19-6-4-3-5-7-19/h3-11,18,20,25-26H,12-17H2,1-2H3. The van der Waals surface area contributed by atoms with Crippen molar-refractivity contribution < 1.29 is 10.2 Å². The van der Waals surface area contributed by atoms with Gasteiger partial charge in [-0.1, -0.05) is 49.4 Å². The van der Waals surface area contributed by atoms with E-state index in [4.69, 9.17) is 0 Å². The van der Waals surface area contributed by atoms with Crippen LogP contribution >= 0.6 is 0 Å². The minimum atomic E-state index is -0.546. The van der Waals surface area contributed by atoms with Crippen molar-refractivity contribution in [3.63, 3.8) is 0 Å². The first-order valence-corrected chi connectivity index (χ1v) is 9.67. The van der Waals surface area contributed by atoms with Crippen LogP contribution in [-0.4, -0.2) is 40.9 Å². The second kappa shape index (κ2) is 8.24. The number of hydrogen-bond acceptors (Lipinski definition) is 3. The lowest BCUT2D eigenvalue weighted by atomic mass is 9.92. The normalized spacial score (nSPS) is 24.1. The molecule has 2 aromatic rings. The number of likely N-dealkylation sites (N-methyl/N-ethyl adjacent to an activating group) is 1. The quantitative estimate of drug-likeness (QED) is 0.784. The van der Waals surface area contributed by atoms with Crippen LogP contribution in [0.1, 0.15) is 43.2 Å². The Morgan fingerprint density at radius 3 is 2.50 bits per heavy atom. The van der Waals surface area contributed by atoms with Crippen molar-refractivity contribution in [2.45, 2.75) is 44.1 Å². The molecule has 3 unspecified atom stereocenters. The first-order valence-electron chi connectivity index (χ1n) is 9.67. The molecule has 0 saturated heterocycles. The van der Waals surface area contributed by atoms with Crippen LogP contribution in [0, 0.1) is 5.92 Å². The monoisotopic (exact) mass is 353 g/mol. The molecular weight excluding hydrogens is 322 g/mol. The maximum Gasteiger partial charge on any atom is 0.115 e. The Hall–Kier alpha value is -1.84. The van der Waals surface area contributed by atoms with E-state index in [2.05, 4.69) is 31.0 Å². The zero-order valence-corrected chi connectivity index (χ0v) is 15.9. The minimum Gasteiger partial charge on any atom is -0.508 e. The lowest BCUT2D eigenvalue weighted by Crippen LogP contribution is -2.31. The van der Waals surface area contributed by atoms with E-state index in [1.165, 1.54) is 11.1 Å². The van der Waals surface area contributed by atoms with Gasteiger partial charge in [0.25, 0.3) is 0 Å². The van der Waals surface area contributed by atoms with Gasteiger partial charge >= 0.3 is 0 Å². The second-order valence-corrected chi connectivity index (χ2v) is 8.21. The van der Waals surface area contributed by atoms with Crippen molar-refractivity contribution in [1.29, 1.82) is 0 Å². The number of aliphatic hydroxyl groups is 1. The average Bonchev–Trinajstić information content (AvgIpc) is 2.96. The highest BCUT2D eigenvalue weighted by molar-refractivity contribution is 5.28. The predicted molar refractivity (Wildman–Crippen MR) is 106 cm³/mol. The fourth-order valence-corrected chi connectivity index (χ4v) is 4.40. The van der Waals surface area contributed by atoms with E-state index in [1.54, 1.807) is 12.1 Å². The summed E-state index contributed by atoms with van der Waals surface area (Å²) in [4.78, 5) is 2.39. The number of phenolic OH excluding ortho intramolecular Hbond substituents is 1. The molecule has 140 valence electrons. The van der Waals surface area contributed by atoms with Crippen molar-refractivity contribution in [2.75, 3.05) is 20.1 Å². The molecule has 3 atom stereocenters. The van der Waals surface area contributed by atoms with Gasteiger partial charge in [0, 0.05) is 19.5 Å². The number of benzene rings is 2. The molecule has 2 aromatic carbocycles. The van der Waals surface area contributed by atoms with Crippen LogP contribution in [0.25, 0.3) is 0 Å². The van der Waals surface area contributed by atoms with Gasteiger partial charge in [-0.2, -0.15) is 0 Å². The Bertz CT molecular complexity index is 685. The third-order valence-electron chi connectivity index (χ3n) is 5.68. The first kappa shape index (κ1) is 18.9. The van der Waals surface area contributed by atoms with E-state index in [-0.39, 0.29) is 0 Å². The number of nitrogens with zero attached hydrogens (tertiary/aromatic N) is 1. The van der Waals surface area contributed by atoms with Crippen LogP contribution in [0.3, 0.4) is 0 Å². The molecule has 0 aromatic heterocycles. The van der Waals surface area contributed by atoms with Crippen LogP contribution in [-0.2, 0) is 6.42 Å². The molecule has 0 radical (unpaired) electrons. The van der Waals surface area contributed by atoms with E-state index in [1.807, 2.05) is 30.3 Å². The molecule has 3 nitrogen and oxygen atoms in total. The summed E-state index contributed by atoms with van der Waals surface area (Å²) in [5.74, 6) is 1.30. The molecule has 2 N–H and O–H groups in total. The van der Waals surface area contributed by atoms with Crippen molar-refractivity contribution in [3.05, 3.63) is 65.7 Å².